The van der Waals surface area contributed by atoms with Crippen LogP contribution in [0.15, 0.2) is 24.3 Å². The molecule has 3 unspecified atom stereocenters. The van der Waals surface area contributed by atoms with Crippen LogP contribution in [-0.2, 0) is 42.7 Å². The van der Waals surface area contributed by atoms with Crippen molar-refractivity contribution in [2.24, 2.45) is 51.2 Å². The van der Waals surface area contributed by atoms with Gasteiger partial charge in [0.15, 0.2) is 12.6 Å². The van der Waals surface area contributed by atoms with Crippen molar-refractivity contribution >= 4 is 11.9 Å². The van der Waals surface area contributed by atoms with Crippen molar-refractivity contribution in [1.29, 1.82) is 0 Å². The van der Waals surface area contributed by atoms with E-state index >= 15 is 4.79 Å². The fourth-order valence-electron chi connectivity index (χ4n) is 15.0. The fourth-order valence-corrected chi connectivity index (χ4v) is 15.0. The first kappa shape index (κ1) is 51.2. The van der Waals surface area contributed by atoms with Gasteiger partial charge in [0, 0.05) is 11.3 Å². The van der Waals surface area contributed by atoms with Gasteiger partial charge in [0.2, 0.25) is 6.29 Å². The molecule has 0 aromatic carbocycles. The maximum absolute atomic E-state index is 15.0. The van der Waals surface area contributed by atoms with Crippen LogP contribution in [0.3, 0.4) is 0 Å². The van der Waals surface area contributed by atoms with Gasteiger partial charge >= 0.3 is 11.9 Å². The lowest BCUT2D eigenvalue weighted by Gasteiger charge is -2.71. The van der Waals surface area contributed by atoms with Gasteiger partial charge in [-0.3, -0.25) is 9.59 Å². The molecule has 0 aromatic rings. The zero-order valence-corrected chi connectivity index (χ0v) is 39.3. The first-order valence-electron chi connectivity index (χ1n) is 24.1. The molecule has 4 saturated carbocycles. The normalized spacial score (nSPS) is 54.1. The number of rotatable bonds is 10. The Morgan fingerprint density at radius 2 is 1.37 bits per heavy atom. The Kier molecular flexibility index (Phi) is 14.1. The first-order chi connectivity index (χ1) is 31.4. The molecule has 8 fully saturated rings. The SMILES string of the molecule is C=C(C)[C@@H]1CC[C@]2(C(=O)O[C@@H]3O[C@H](CO[C@@H]4O[C@H](CO)[C@@H](O[C@@H]5O[C@@H](C)[C@H](O)[C@@H](O)[C@H]5O)[C@H](O)[C@H]4O)[C@@H](O)[C@H](O)[C@H]3O)CC[C@]3(C)[C@H](CC4OC(=O)C[C@@H](O)[C@]5(C)C4[C@@]3(C)CC[C@H]5C(=C)C)C12. The summed E-state index contributed by atoms with van der Waals surface area (Å²) >= 11 is 0. The van der Waals surface area contributed by atoms with E-state index in [-0.39, 0.29) is 41.4 Å². The summed E-state index contributed by atoms with van der Waals surface area (Å²) in [5.74, 6) is -1.91. The van der Waals surface area contributed by atoms with Crippen LogP contribution in [0.4, 0.5) is 0 Å². The number of allylic oxidation sites excluding steroid dienone is 2. The van der Waals surface area contributed by atoms with Gasteiger partial charge in [-0.05, 0) is 100 Å². The fraction of sp³-hybridized carbons (Fsp3) is 0.875. The maximum Gasteiger partial charge on any atom is 0.314 e. The molecular formula is C48H74O19. The third kappa shape index (κ3) is 7.98. The predicted octanol–water partition coefficient (Wildman–Crippen LogP) is -0.294. The summed E-state index contributed by atoms with van der Waals surface area (Å²) < 4.78 is 41.0. The Bertz CT molecular complexity index is 1880. The lowest BCUT2D eigenvalue weighted by molar-refractivity contribution is -0.361. The van der Waals surface area contributed by atoms with Crippen molar-refractivity contribution < 1.29 is 93.8 Å². The second-order valence-electron chi connectivity index (χ2n) is 22.1. The van der Waals surface area contributed by atoms with E-state index in [9.17, 15) is 55.9 Å². The molecule has 4 aliphatic carbocycles. The van der Waals surface area contributed by atoms with Crippen LogP contribution in [-0.4, -0.2) is 181 Å². The zero-order valence-electron chi connectivity index (χ0n) is 39.3. The van der Waals surface area contributed by atoms with E-state index in [0.29, 0.717) is 32.1 Å². The molecule has 4 aliphatic heterocycles. The minimum atomic E-state index is -1.89. The molecule has 0 bridgehead atoms. The van der Waals surface area contributed by atoms with Crippen molar-refractivity contribution in [3.63, 3.8) is 0 Å². The summed E-state index contributed by atoms with van der Waals surface area (Å²) in [6.07, 6.45) is -22.1. The second kappa shape index (κ2) is 18.5. The summed E-state index contributed by atoms with van der Waals surface area (Å²) in [5, 5.41) is 108. The van der Waals surface area contributed by atoms with Crippen molar-refractivity contribution in [3.8, 4) is 0 Å². The summed E-state index contributed by atoms with van der Waals surface area (Å²) in [4.78, 5) is 28.5. The third-order valence-corrected chi connectivity index (χ3v) is 18.8. The van der Waals surface area contributed by atoms with Gasteiger partial charge in [-0.1, -0.05) is 45.1 Å². The van der Waals surface area contributed by atoms with Crippen LogP contribution >= 0.6 is 0 Å². The number of carbonyl (C=O) groups is 2. The molecule has 8 rings (SSSR count). The van der Waals surface area contributed by atoms with E-state index in [4.69, 9.17) is 33.2 Å². The number of esters is 2. The minimum Gasteiger partial charge on any atom is -0.462 e. The number of aliphatic hydroxyl groups excluding tert-OH is 10. The van der Waals surface area contributed by atoms with Gasteiger partial charge in [0.1, 0.15) is 73.2 Å². The Hall–Kier alpha value is -2.18. The molecule has 67 heavy (non-hydrogen) atoms. The molecule has 0 radical (unpaired) electrons. The average molecular weight is 955 g/mol. The van der Waals surface area contributed by atoms with Gasteiger partial charge in [0.05, 0.1) is 37.3 Å². The Morgan fingerprint density at radius 1 is 0.731 bits per heavy atom. The molecular weight excluding hydrogens is 881 g/mol. The summed E-state index contributed by atoms with van der Waals surface area (Å²) in [5.41, 5.74) is -0.717. The molecule has 19 nitrogen and oxygen atoms in total. The molecule has 380 valence electrons. The summed E-state index contributed by atoms with van der Waals surface area (Å²) in [6, 6.07) is 0. The highest BCUT2D eigenvalue weighted by Gasteiger charge is 2.75. The van der Waals surface area contributed by atoms with Crippen molar-refractivity contribution in [2.75, 3.05) is 13.2 Å². The van der Waals surface area contributed by atoms with Crippen LogP contribution in [0.1, 0.15) is 92.9 Å². The highest BCUT2D eigenvalue weighted by atomic mass is 16.8. The highest BCUT2D eigenvalue weighted by molar-refractivity contribution is 5.78. The third-order valence-electron chi connectivity index (χ3n) is 18.8. The lowest BCUT2D eigenvalue weighted by atomic mass is 9.33. The number of aliphatic hydroxyl groups is 10. The van der Waals surface area contributed by atoms with E-state index in [2.05, 4.69) is 33.9 Å². The van der Waals surface area contributed by atoms with Crippen LogP contribution in [0.2, 0.25) is 0 Å². The highest BCUT2D eigenvalue weighted by Crippen LogP contribution is 2.77. The predicted molar refractivity (Wildman–Crippen MR) is 230 cm³/mol. The number of fused-ring (bicyclic) bond motifs is 4. The zero-order chi connectivity index (χ0) is 49.0. The Balaban J connectivity index is 0.998. The molecule has 26 atom stereocenters. The lowest BCUT2D eigenvalue weighted by Crippen LogP contribution is -2.69. The molecule has 0 spiro atoms. The molecule has 10 N–H and O–H groups in total. The van der Waals surface area contributed by atoms with Gasteiger partial charge in [-0.15, -0.1) is 0 Å². The second-order valence-corrected chi connectivity index (χ2v) is 22.1. The van der Waals surface area contributed by atoms with Crippen molar-refractivity contribution in [3.05, 3.63) is 24.3 Å². The molecule has 4 heterocycles. The standard InChI is InChI=1S/C48H74O19/c1-19(2)22-9-12-48(14-13-45(6)24(30(22)48)15-25-40-46(45,7)11-10-23(20(3)4)47(40,8)28(50)16-29(51)63-25)44(60)67-43-37(58)34(55)32(53)27(65-43)18-61-41-38(59)35(56)39(26(17-49)64-41)66-42-36(57)33(54)31(52)21(5)62-42/h21-28,30-43,49-50,52-59H,1,3,9-18H2,2,4-8H3/t21-,22-,23-,24+,25?,26+,27+,28+,30?,31-,32+,33+,34-,35+,36+,37+,38+,39+,40?,41+,42-,43-,45+,46+,47+,48-/m0/s1. The molecule has 19 heteroatoms. The largest absolute Gasteiger partial charge is 0.462 e. The quantitative estimate of drug-likeness (QED) is 0.0994. The average Bonchev–Trinajstić information content (AvgIpc) is 3.64. The van der Waals surface area contributed by atoms with Crippen LogP contribution in [0.5, 0.6) is 0 Å². The number of hydrogen-bond donors (Lipinski definition) is 10. The van der Waals surface area contributed by atoms with E-state index in [1.54, 1.807) is 0 Å². The van der Waals surface area contributed by atoms with Crippen molar-refractivity contribution in [1.82, 2.24) is 0 Å². The summed E-state index contributed by atoms with van der Waals surface area (Å²) in [6.45, 7) is 19.3. The van der Waals surface area contributed by atoms with E-state index in [1.807, 2.05) is 13.8 Å². The van der Waals surface area contributed by atoms with Gasteiger partial charge in [0.25, 0.3) is 0 Å². The first-order valence-corrected chi connectivity index (χ1v) is 24.1. The van der Waals surface area contributed by atoms with Crippen LogP contribution in [0, 0.1) is 51.2 Å². The monoisotopic (exact) mass is 954 g/mol. The van der Waals surface area contributed by atoms with E-state index in [1.165, 1.54) is 6.92 Å². The van der Waals surface area contributed by atoms with Gasteiger partial charge < -0.3 is 84.2 Å². The molecule has 0 aromatic heterocycles. The van der Waals surface area contributed by atoms with Gasteiger partial charge in [-0.25, -0.2) is 0 Å². The van der Waals surface area contributed by atoms with Crippen LogP contribution < -0.4 is 0 Å². The Labute approximate surface area is 391 Å². The number of ether oxygens (including phenoxy) is 7. The number of hydrogen-bond acceptors (Lipinski definition) is 19. The number of carbonyl (C=O) groups excluding carboxylic acids is 2. The summed E-state index contributed by atoms with van der Waals surface area (Å²) in [7, 11) is 0. The molecule has 4 saturated heterocycles. The minimum absolute atomic E-state index is 0.0263. The molecule has 8 aliphatic rings. The van der Waals surface area contributed by atoms with Crippen molar-refractivity contribution in [2.45, 2.75) is 197 Å². The van der Waals surface area contributed by atoms with E-state index < -0.39 is 146 Å². The molecule has 0 amide bonds. The van der Waals surface area contributed by atoms with Crippen LogP contribution in [0.25, 0.3) is 0 Å². The van der Waals surface area contributed by atoms with E-state index in [0.717, 1.165) is 24.0 Å². The van der Waals surface area contributed by atoms with Gasteiger partial charge in [-0.2, -0.15) is 0 Å². The Morgan fingerprint density at radius 3 is 2.03 bits per heavy atom. The maximum atomic E-state index is 15.0. The smallest absolute Gasteiger partial charge is 0.314 e. The topological polar surface area (TPSA) is 301 Å².